The fraction of sp³-hybridized carbons (Fsp3) is 0.438. The number of ether oxygens (including phenoxy) is 1. The number of hydrogen-bond acceptors (Lipinski definition) is 4. The number of rotatable bonds is 6. The molecule has 21 heavy (non-hydrogen) atoms. The molecule has 1 aromatic rings. The normalized spacial score (nSPS) is 12.1. The van der Waals surface area contributed by atoms with E-state index in [4.69, 9.17) is 4.74 Å². The lowest BCUT2D eigenvalue weighted by Crippen LogP contribution is -2.43. The lowest BCUT2D eigenvalue weighted by Gasteiger charge is -2.25. The van der Waals surface area contributed by atoms with Crippen molar-refractivity contribution in [2.45, 2.75) is 32.7 Å². The molecule has 0 aliphatic heterocycles. The van der Waals surface area contributed by atoms with Gasteiger partial charge < -0.3 is 10.1 Å². The van der Waals surface area contributed by atoms with Crippen LogP contribution in [-0.2, 0) is 14.3 Å². The van der Waals surface area contributed by atoms with Crippen molar-refractivity contribution in [3.8, 4) is 6.07 Å². The van der Waals surface area contributed by atoms with Gasteiger partial charge in [0.2, 0.25) is 5.91 Å². The molecule has 1 aromatic carbocycles. The van der Waals surface area contributed by atoms with Crippen molar-refractivity contribution in [3.63, 3.8) is 0 Å². The summed E-state index contributed by atoms with van der Waals surface area (Å²) in [7, 11) is 1.27. The van der Waals surface area contributed by atoms with Crippen molar-refractivity contribution in [1.29, 1.82) is 5.26 Å². The van der Waals surface area contributed by atoms with E-state index in [-0.39, 0.29) is 0 Å². The summed E-state index contributed by atoms with van der Waals surface area (Å²) in [4.78, 5) is 24.3. The zero-order valence-corrected chi connectivity index (χ0v) is 12.6. The molecule has 0 heterocycles. The van der Waals surface area contributed by atoms with Gasteiger partial charge >= 0.3 is 5.97 Å². The van der Waals surface area contributed by atoms with Crippen LogP contribution in [0.1, 0.15) is 38.3 Å². The second-order valence-corrected chi connectivity index (χ2v) is 4.74. The highest BCUT2D eigenvalue weighted by Gasteiger charge is 2.37. The van der Waals surface area contributed by atoms with Gasteiger partial charge in [-0.2, -0.15) is 5.26 Å². The summed E-state index contributed by atoms with van der Waals surface area (Å²) < 4.78 is 4.74. The Hall–Kier alpha value is -2.35. The summed E-state index contributed by atoms with van der Waals surface area (Å²) in [6.07, 6.45) is 0.767. The Kier molecular flexibility index (Phi) is 5.92. The van der Waals surface area contributed by atoms with Crippen LogP contribution in [0.5, 0.6) is 0 Å². The van der Waals surface area contributed by atoms with E-state index in [1.165, 1.54) is 7.11 Å². The first-order chi connectivity index (χ1) is 10.0. The summed E-state index contributed by atoms with van der Waals surface area (Å²) in [6, 6.07) is 9.98. The maximum absolute atomic E-state index is 12.4. The van der Waals surface area contributed by atoms with E-state index in [0.29, 0.717) is 18.4 Å². The number of hydrogen-bond donors (Lipinski definition) is 1. The van der Waals surface area contributed by atoms with E-state index in [1.807, 2.05) is 6.07 Å². The van der Waals surface area contributed by atoms with Crippen molar-refractivity contribution in [1.82, 2.24) is 5.32 Å². The van der Waals surface area contributed by atoms with Gasteiger partial charge in [-0.15, -0.1) is 0 Å². The van der Waals surface area contributed by atoms with Gasteiger partial charge in [-0.05, 0) is 18.4 Å². The van der Waals surface area contributed by atoms with Crippen molar-refractivity contribution >= 4 is 11.9 Å². The van der Waals surface area contributed by atoms with Crippen LogP contribution in [0.3, 0.4) is 0 Å². The molecule has 0 saturated heterocycles. The summed E-state index contributed by atoms with van der Waals surface area (Å²) in [5.74, 6) is -1.01. The number of amides is 1. The van der Waals surface area contributed by atoms with Crippen LogP contribution in [0.2, 0.25) is 0 Å². The zero-order valence-electron chi connectivity index (χ0n) is 12.6. The Morgan fingerprint density at radius 1 is 1.29 bits per heavy atom. The molecular formula is C16H20N2O3. The van der Waals surface area contributed by atoms with Gasteiger partial charge in [0, 0.05) is 0 Å². The highest BCUT2D eigenvalue weighted by molar-refractivity contribution is 5.90. The van der Waals surface area contributed by atoms with Crippen LogP contribution in [0.25, 0.3) is 0 Å². The van der Waals surface area contributed by atoms with Gasteiger partial charge in [0.15, 0.2) is 6.04 Å². The minimum absolute atomic E-state index is 0.383. The van der Waals surface area contributed by atoms with Gasteiger partial charge in [0.05, 0.1) is 13.2 Å². The Morgan fingerprint density at radius 3 is 2.29 bits per heavy atom. The smallest absolute Gasteiger partial charge is 0.333 e. The Bertz CT molecular complexity index is 530. The molecule has 5 nitrogen and oxygen atoms in total. The van der Waals surface area contributed by atoms with E-state index >= 15 is 0 Å². The van der Waals surface area contributed by atoms with E-state index in [0.717, 1.165) is 0 Å². The maximum Gasteiger partial charge on any atom is 0.333 e. The topological polar surface area (TPSA) is 79.2 Å². The second kappa shape index (κ2) is 7.44. The van der Waals surface area contributed by atoms with Gasteiger partial charge in [-0.25, -0.2) is 4.79 Å². The highest BCUT2D eigenvalue weighted by atomic mass is 16.5. The number of esters is 1. The third-order valence-corrected chi connectivity index (χ3v) is 3.70. The van der Waals surface area contributed by atoms with Crippen LogP contribution in [-0.4, -0.2) is 19.0 Å². The van der Waals surface area contributed by atoms with Gasteiger partial charge in [-0.3, -0.25) is 4.79 Å². The zero-order chi connectivity index (χ0) is 15.9. The predicted molar refractivity (Wildman–Crippen MR) is 78.0 cm³/mol. The summed E-state index contributed by atoms with van der Waals surface area (Å²) in [5, 5.41) is 11.9. The number of nitriles is 1. The van der Waals surface area contributed by atoms with Crippen LogP contribution in [0, 0.1) is 16.7 Å². The number of nitrogens with one attached hydrogen (secondary N) is 1. The second-order valence-electron chi connectivity index (χ2n) is 4.74. The van der Waals surface area contributed by atoms with Gasteiger partial charge in [0.25, 0.3) is 0 Å². The summed E-state index contributed by atoms with van der Waals surface area (Å²) in [5.41, 5.74) is -0.502. The largest absolute Gasteiger partial charge is 0.467 e. The third-order valence-electron chi connectivity index (χ3n) is 3.70. The van der Waals surface area contributed by atoms with Crippen molar-refractivity contribution in [2.75, 3.05) is 7.11 Å². The molecule has 5 heteroatoms. The predicted octanol–water partition coefficient (Wildman–Crippen LogP) is 2.35. The molecule has 112 valence electrons. The average Bonchev–Trinajstić information content (AvgIpc) is 2.55. The van der Waals surface area contributed by atoms with Crippen LogP contribution >= 0.6 is 0 Å². The van der Waals surface area contributed by atoms with Gasteiger partial charge in [0.1, 0.15) is 5.41 Å². The molecule has 0 fully saturated rings. The lowest BCUT2D eigenvalue weighted by atomic mass is 9.82. The number of carbonyl (C=O) groups excluding carboxylic acids is 2. The van der Waals surface area contributed by atoms with Crippen LogP contribution in [0.15, 0.2) is 30.3 Å². The molecule has 0 bridgehead atoms. The molecule has 1 rings (SSSR count). The molecule has 1 unspecified atom stereocenters. The Labute approximate surface area is 124 Å². The van der Waals surface area contributed by atoms with Crippen molar-refractivity contribution in [2.24, 2.45) is 5.41 Å². The molecule has 0 aromatic heterocycles. The fourth-order valence-corrected chi connectivity index (χ4v) is 2.09. The van der Waals surface area contributed by atoms with E-state index in [1.54, 1.807) is 38.1 Å². The molecule has 1 amide bonds. The molecular weight excluding hydrogens is 268 g/mol. The fourth-order valence-electron chi connectivity index (χ4n) is 2.09. The highest BCUT2D eigenvalue weighted by Crippen LogP contribution is 2.27. The Morgan fingerprint density at radius 2 is 1.86 bits per heavy atom. The molecule has 0 aliphatic rings. The first-order valence-electron chi connectivity index (χ1n) is 6.89. The molecule has 0 aliphatic carbocycles. The quantitative estimate of drug-likeness (QED) is 0.815. The Balaban J connectivity index is 3.06. The van der Waals surface area contributed by atoms with Crippen molar-refractivity contribution < 1.29 is 14.3 Å². The van der Waals surface area contributed by atoms with Gasteiger partial charge in [-0.1, -0.05) is 44.2 Å². The molecule has 0 radical (unpaired) electrons. The first-order valence-corrected chi connectivity index (χ1v) is 6.89. The van der Waals surface area contributed by atoms with E-state index in [9.17, 15) is 14.9 Å². The molecule has 0 saturated carbocycles. The third kappa shape index (κ3) is 3.60. The summed E-state index contributed by atoms with van der Waals surface area (Å²) in [6.45, 7) is 3.56. The standard InChI is InChI=1S/C16H20N2O3/c1-4-16(5-2,11-17)15(20)18-13(14(19)21-3)12-9-7-6-8-10-12/h6-10,13H,4-5H2,1-3H3,(H,18,20). The SMILES string of the molecule is CCC(C#N)(CC)C(=O)NC(C(=O)OC)c1ccccc1. The molecule has 0 spiro atoms. The number of benzene rings is 1. The van der Waals surface area contributed by atoms with Crippen LogP contribution in [0.4, 0.5) is 0 Å². The van der Waals surface area contributed by atoms with Crippen molar-refractivity contribution in [3.05, 3.63) is 35.9 Å². The molecule has 1 N–H and O–H groups in total. The number of methoxy groups -OCH3 is 1. The monoisotopic (exact) mass is 288 g/mol. The maximum atomic E-state index is 12.4. The average molecular weight is 288 g/mol. The first kappa shape index (κ1) is 16.7. The minimum Gasteiger partial charge on any atom is -0.467 e. The molecule has 1 atom stereocenters. The van der Waals surface area contributed by atoms with Crippen LogP contribution < -0.4 is 5.32 Å². The van der Waals surface area contributed by atoms with E-state index in [2.05, 4.69) is 11.4 Å². The number of nitrogens with zero attached hydrogens (tertiary/aromatic N) is 1. The summed E-state index contributed by atoms with van der Waals surface area (Å²) >= 11 is 0. The minimum atomic E-state index is -1.12. The van der Waals surface area contributed by atoms with E-state index < -0.39 is 23.3 Å². The number of carbonyl (C=O) groups is 2. The lowest BCUT2D eigenvalue weighted by molar-refractivity contribution is -0.146.